The molecule has 9 nitrogen and oxygen atoms in total. The molecule has 1 aliphatic heterocycles. The molecule has 12 heterocycles. The standard InChI is InChI=1S/C29H18N2S.C24H15N3S.C22H15N3S.C22H13NS2/c1-2-6-23-21(5-1)17-30-18-25(23)19-9-12-22(13-10-19)31-26-8-4-3-7-24(26)28-27(31)14-11-20-15-16-32-29(20)28;1-2-6-16(7-3-1)20-14-18(15-25-26-20)27-21-9-5-4-8-19(21)23-22(27)11-10-17-12-13-28-24(17)23;1-2-6-16-15(5-1)13-23-24-22(16)25-18-8-4-3-7-17(18)20-19(25)10-9-14-11-12-26-21(14)20;1-4-8-19-15(5-1)13-20(25-19)23-17-7-3-2-6-16(17)21-18(23)10-9-14-11-12-24-22(14)21/h1-18H;1-15H;1-13,23-24H;1-13H. The third-order valence-electron chi connectivity index (χ3n) is 21.6. The highest BCUT2D eigenvalue weighted by Gasteiger charge is 2.22. The number of hydrazine groups is 1. The van der Waals surface area contributed by atoms with Crippen molar-refractivity contribution < 1.29 is 0 Å². The van der Waals surface area contributed by atoms with Crippen molar-refractivity contribution in [3.05, 3.63) is 360 Å². The average molecular weight is 1510 g/mol. The van der Waals surface area contributed by atoms with Crippen molar-refractivity contribution in [2.45, 2.75) is 0 Å². The lowest BCUT2D eigenvalue weighted by Crippen LogP contribution is -2.45. The number of aromatic nitrogens is 7. The summed E-state index contributed by atoms with van der Waals surface area (Å²) in [6.45, 7) is 0. The number of thiophene rings is 5. The van der Waals surface area contributed by atoms with E-state index in [-0.39, 0.29) is 0 Å². The smallest absolute Gasteiger partial charge is 0.137 e. The summed E-state index contributed by atoms with van der Waals surface area (Å²) in [5.74, 6) is 1.06. The second kappa shape index (κ2) is 26.8. The predicted molar refractivity (Wildman–Crippen MR) is 476 cm³/mol. The molecule has 0 radical (unpaired) electrons. The second-order valence-electron chi connectivity index (χ2n) is 27.7. The fourth-order valence-corrected chi connectivity index (χ4v) is 21.6. The molecule has 0 saturated heterocycles. The SMILES string of the molecule is C1=c2ccccc2=C(n2c3ccccc3c3c4sccc4ccc32)NN1.c1ccc(-c2cc(-n3c4ccccc4c4c5sccc5ccc43)cnn2)cc1.c1ccc2c(-c3ccc(-n4c5ccccc5c5c6sccc6ccc54)cc3)cncc2c1.c1ccc2sc(-n3c4ccccc4c4c5sccc5ccc43)cc2c1. The zero-order valence-electron chi connectivity index (χ0n) is 59.2. The first kappa shape index (κ1) is 64.8. The van der Waals surface area contributed by atoms with Crippen LogP contribution in [0.3, 0.4) is 0 Å². The Labute approximate surface area is 654 Å². The van der Waals surface area contributed by atoms with Gasteiger partial charge in [-0.1, -0.05) is 206 Å². The molecule has 0 amide bonds. The van der Waals surface area contributed by atoms with Gasteiger partial charge in [0.1, 0.15) is 10.8 Å². The van der Waals surface area contributed by atoms with E-state index < -0.39 is 0 Å². The molecule has 2 N–H and O–H groups in total. The summed E-state index contributed by atoms with van der Waals surface area (Å²) in [4.78, 5) is 4.46. The summed E-state index contributed by atoms with van der Waals surface area (Å²) in [6.07, 6.45) is 7.74. The van der Waals surface area contributed by atoms with Crippen LogP contribution < -0.4 is 21.3 Å². The summed E-state index contributed by atoms with van der Waals surface area (Å²) in [6, 6.07) is 110. The molecule has 0 spiro atoms. The molecule has 25 rings (SSSR count). The van der Waals surface area contributed by atoms with Gasteiger partial charge in [-0.25, -0.2) is 0 Å². The Hall–Kier alpha value is -13.3. The van der Waals surface area contributed by atoms with Crippen LogP contribution in [-0.4, -0.2) is 33.4 Å². The van der Waals surface area contributed by atoms with Crippen LogP contribution in [0.1, 0.15) is 0 Å². The topological polar surface area (TPSA) is 82.4 Å². The number of nitrogens with one attached hydrogen (secondary N) is 2. The van der Waals surface area contributed by atoms with Crippen molar-refractivity contribution in [3.63, 3.8) is 0 Å². The van der Waals surface area contributed by atoms with Crippen LogP contribution in [-0.2, 0) is 0 Å². The van der Waals surface area contributed by atoms with Gasteiger partial charge in [-0.15, -0.1) is 56.7 Å². The summed E-state index contributed by atoms with van der Waals surface area (Å²) in [5.41, 5.74) is 23.0. The van der Waals surface area contributed by atoms with E-state index >= 15 is 0 Å². The van der Waals surface area contributed by atoms with Crippen molar-refractivity contribution in [1.29, 1.82) is 0 Å². The zero-order chi connectivity index (χ0) is 73.0. The van der Waals surface area contributed by atoms with Gasteiger partial charge in [0, 0.05) is 118 Å². The van der Waals surface area contributed by atoms with E-state index in [2.05, 4.69) is 357 Å². The Morgan fingerprint density at radius 3 is 1.33 bits per heavy atom. The van der Waals surface area contributed by atoms with Gasteiger partial charge in [0.25, 0.3) is 0 Å². The van der Waals surface area contributed by atoms with E-state index in [1.165, 1.54) is 170 Å². The van der Waals surface area contributed by atoms with Gasteiger partial charge >= 0.3 is 0 Å². The van der Waals surface area contributed by atoms with Crippen molar-refractivity contribution in [1.82, 2.24) is 44.3 Å². The van der Waals surface area contributed by atoms with Crippen molar-refractivity contribution in [3.8, 4) is 38.8 Å². The van der Waals surface area contributed by atoms with Crippen LogP contribution in [0.4, 0.5) is 0 Å². The Balaban J connectivity index is 0.0000000914. The van der Waals surface area contributed by atoms with E-state index in [0.717, 1.165) is 33.7 Å². The van der Waals surface area contributed by atoms with Gasteiger partial charge in [0.05, 0.1) is 61.7 Å². The van der Waals surface area contributed by atoms with Gasteiger partial charge in [0.2, 0.25) is 0 Å². The fraction of sp³-hybridized carbons (Fsp3) is 0. The molecule has 111 heavy (non-hydrogen) atoms. The van der Waals surface area contributed by atoms with Crippen molar-refractivity contribution in [2.75, 3.05) is 0 Å². The minimum Gasteiger partial charge on any atom is -0.309 e. The molecule has 11 aromatic heterocycles. The molecule has 0 unspecified atom stereocenters. The van der Waals surface area contributed by atoms with Crippen LogP contribution in [0.2, 0.25) is 0 Å². The van der Waals surface area contributed by atoms with Crippen LogP contribution in [0.25, 0.3) is 199 Å². The maximum absolute atomic E-state index is 4.46. The number of hydrogen-bond donors (Lipinski definition) is 2. The molecule has 24 aromatic rings. The maximum Gasteiger partial charge on any atom is 0.137 e. The highest BCUT2D eigenvalue weighted by molar-refractivity contribution is 7.21. The number of nitrogens with zero attached hydrogens (tertiary/aromatic N) is 7. The highest BCUT2D eigenvalue weighted by Crippen LogP contribution is 2.45. The van der Waals surface area contributed by atoms with Crippen molar-refractivity contribution >= 4 is 217 Å². The number of pyridine rings is 1. The van der Waals surface area contributed by atoms with Crippen LogP contribution in [0.5, 0.6) is 0 Å². The Morgan fingerprint density at radius 1 is 0.306 bits per heavy atom. The predicted octanol–water partition coefficient (Wildman–Crippen LogP) is 25.4. The van der Waals surface area contributed by atoms with E-state index in [4.69, 9.17) is 0 Å². The van der Waals surface area contributed by atoms with E-state index in [9.17, 15) is 0 Å². The maximum atomic E-state index is 4.46. The first-order valence-corrected chi connectivity index (χ1v) is 41.1. The minimum absolute atomic E-state index is 0.876. The molecule has 524 valence electrons. The Morgan fingerprint density at radius 2 is 0.766 bits per heavy atom. The average Bonchev–Trinajstić information content (AvgIpc) is 1.60. The van der Waals surface area contributed by atoms with E-state index in [1.54, 1.807) is 11.3 Å². The Kier molecular flexibility index (Phi) is 15.7. The third-order valence-corrected chi connectivity index (χ3v) is 26.5. The molecule has 0 atom stereocenters. The molecular weight excluding hydrogens is 1450 g/mol. The van der Waals surface area contributed by atoms with Gasteiger partial charge in [-0.2, -0.15) is 10.2 Å². The third kappa shape index (κ3) is 10.8. The second-order valence-corrected chi connectivity index (χ2v) is 32.4. The summed E-state index contributed by atoms with van der Waals surface area (Å²) in [5, 5.41) is 40.5. The molecular formula is C97H61N9S5. The van der Waals surface area contributed by atoms with Crippen LogP contribution in [0.15, 0.2) is 349 Å². The zero-order valence-corrected chi connectivity index (χ0v) is 63.3. The lowest BCUT2D eigenvalue weighted by atomic mass is 10.0. The lowest BCUT2D eigenvalue weighted by molar-refractivity contribution is 0.777. The minimum atomic E-state index is 0.876. The molecule has 0 aliphatic carbocycles. The summed E-state index contributed by atoms with van der Waals surface area (Å²) >= 11 is 9.13. The monoisotopic (exact) mass is 1510 g/mol. The quantitative estimate of drug-likeness (QED) is 0.173. The lowest BCUT2D eigenvalue weighted by Gasteiger charge is -2.18. The van der Waals surface area contributed by atoms with Gasteiger partial charge in [-0.3, -0.25) is 15.0 Å². The molecule has 13 aromatic carbocycles. The van der Waals surface area contributed by atoms with Gasteiger partial charge in [0.15, 0.2) is 0 Å². The first-order chi connectivity index (χ1) is 55.1. The first-order valence-electron chi connectivity index (χ1n) is 36.8. The molecule has 0 fully saturated rings. The Bertz CT molecular complexity index is 7900. The number of rotatable bonds is 6. The molecule has 0 saturated carbocycles. The largest absolute Gasteiger partial charge is 0.309 e. The van der Waals surface area contributed by atoms with Crippen molar-refractivity contribution in [2.24, 2.45) is 0 Å². The van der Waals surface area contributed by atoms with Gasteiger partial charge in [-0.05, 0) is 163 Å². The number of benzene rings is 13. The normalized spacial score (nSPS) is 12.2. The van der Waals surface area contributed by atoms with E-state index in [0.29, 0.717) is 0 Å². The van der Waals surface area contributed by atoms with E-state index in [1.807, 2.05) is 88.3 Å². The van der Waals surface area contributed by atoms with Crippen LogP contribution in [0, 0.1) is 0 Å². The highest BCUT2D eigenvalue weighted by atomic mass is 32.1. The van der Waals surface area contributed by atoms with Crippen LogP contribution >= 0.6 is 56.7 Å². The van der Waals surface area contributed by atoms with Gasteiger partial charge < -0.3 is 19.1 Å². The number of fused-ring (bicyclic) bond motifs is 23. The molecule has 0 bridgehead atoms. The number of para-hydroxylation sites is 4. The molecule has 1 aliphatic rings. The number of hydrogen-bond acceptors (Lipinski definition) is 10. The summed E-state index contributed by atoms with van der Waals surface area (Å²) in [7, 11) is 0. The molecule has 14 heteroatoms. The summed E-state index contributed by atoms with van der Waals surface area (Å²) < 4.78 is 16.2. The fourth-order valence-electron chi connectivity index (χ4n) is 16.7.